The van der Waals surface area contributed by atoms with E-state index in [1.165, 1.54) is 23.1 Å². The molecule has 3 aromatic heterocycles. The number of carbonyl (C=O) groups is 1. The van der Waals surface area contributed by atoms with Crippen molar-refractivity contribution in [2.45, 2.75) is 18.6 Å². The highest BCUT2D eigenvalue weighted by molar-refractivity contribution is 7.99. The van der Waals surface area contributed by atoms with Crippen molar-refractivity contribution < 1.29 is 4.79 Å². The van der Waals surface area contributed by atoms with Crippen molar-refractivity contribution in [2.75, 3.05) is 11.1 Å². The Balaban J connectivity index is 1.46. The summed E-state index contributed by atoms with van der Waals surface area (Å²) < 4.78 is 4.08. The van der Waals surface area contributed by atoms with Crippen LogP contribution in [-0.4, -0.2) is 30.8 Å². The molecule has 166 valence electrons. The minimum absolute atomic E-state index is 0.105. The Kier molecular flexibility index (Phi) is 5.92. The van der Waals surface area contributed by atoms with Gasteiger partial charge in [0, 0.05) is 0 Å². The van der Waals surface area contributed by atoms with Gasteiger partial charge in [-0.1, -0.05) is 59.8 Å². The lowest BCUT2D eigenvalue weighted by Crippen LogP contribution is -2.23. The fraction of sp³-hybridized carbons (Fsp3) is 0.130. The summed E-state index contributed by atoms with van der Waals surface area (Å²) in [5, 5.41) is 14.3. The van der Waals surface area contributed by atoms with Crippen LogP contribution in [0, 0.1) is 6.92 Å². The molecule has 0 fully saturated rings. The summed E-state index contributed by atoms with van der Waals surface area (Å²) in [5.41, 5.74) is 3.20. The molecule has 3 heterocycles. The van der Waals surface area contributed by atoms with Gasteiger partial charge in [0.1, 0.15) is 4.70 Å². The zero-order chi connectivity index (χ0) is 22.9. The Morgan fingerprint density at radius 1 is 1.15 bits per heavy atom. The van der Waals surface area contributed by atoms with Gasteiger partial charge in [0.05, 0.1) is 28.5 Å². The maximum absolute atomic E-state index is 13.2. The van der Waals surface area contributed by atoms with Gasteiger partial charge in [-0.25, -0.2) is 0 Å². The fourth-order valence-electron chi connectivity index (χ4n) is 3.54. The average molecular weight is 496 g/mol. The predicted octanol–water partition coefficient (Wildman–Crippen LogP) is 4.85. The molecule has 0 aliphatic carbocycles. The van der Waals surface area contributed by atoms with Crippen LogP contribution in [0.5, 0.6) is 0 Å². The molecule has 0 saturated heterocycles. The average Bonchev–Trinajstić information content (AvgIpc) is 3.45. The summed E-state index contributed by atoms with van der Waals surface area (Å²) in [6.45, 7) is 2.32. The molecule has 7 nitrogen and oxygen atoms in total. The van der Waals surface area contributed by atoms with Crippen LogP contribution in [-0.2, 0) is 11.3 Å². The van der Waals surface area contributed by atoms with Crippen LogP contribution in [0.25, 0.3) is 16.0 Å². The van der Waals surface area contributed by atoms with Crippen LogP contribution in [0.2, 0.25) is 5.02 Å². The summed E-state index contributed by atoms with van der Waals surface area (Å²) in [5.74, 6) is 0.356. The summed E-state index contributed by atoms with van der Waals surface area (Å²) in [6.07, 6.45) is 0. The van der Waals surface area contributed by atoms with E-state index in [0.717, 1.165) is 16.6 Å². The second-order valence-electron chi connectivity index (χ2n) is 7.45. The molecular weight excluding hydrogens is 478 g/mol. The number of thioether (sulfide) groups is 1. The standard InChI is InChI=1S/C23H18ClN5O2S2/c1-14-7-8-17(16(24)11-14)25-19(30)13-33-23-27-26-22-28(12-15-5-3-2-4-6-15)21(31)20-18(29(22)23)9-10-32-20/h2-11H,12-13H2,1H3,(H,25,30). The number of aryl methyl sites for hydroxylation is 1. The van der Waals surface area contributed by atoms with Gasteiger partial charge in [0.15, 0.2) is 5.16 Å². The molecule has 5 rings (SSSR count). The maximum Gasteiger partial charge on any atom is 0.273 e. The molecule has 0 radical (unpaired) electrons. The van der Waals surface area contributed by atoms with Crippen LogP contribution in [0.4, 0.5) is 5.69 Å². The van der Waals surface area contributed by atoms with Gasteiger partial charge in [0.2, 0.25) is 11.7 Å². The van der Waals surface area contributed by atoms with Crippen molar-refractivity contribution in [3.05, 3.63) is 86.5 Å². The summed E-state index contributed by atoms with van der Waals surface area (Å²) in [7, 11) is 0. The first-order valence-electron chi connectivity index (χ1n) is 10.1. The number of benzene rings is 2. The van der Waals surface area contributed by atoms with Crippen molar-refractivity contribution >= 4 is 62.3 Å². The lowest BCUT2D eigenvalue weighted by atomic mass is 10.2. The lowest BCUT2D eigenvalue weighted by Gasteiger charge is -2.10. The molecule has 0 bridgehead atoms. The van der Waals surface area contributed by atoms with Crippen molar-refractivity contribution in [1.29, 1.82) is 0 Å². The van der Waals surface area contributed by atoms with Crippen LogP contribution >= 0.6 is 34.7 Å². The van der Waals surface area contributed by atoms with E-state index in [0.29, 0.717) is 32.9 Å². The molecule has 33 heavy (non-hydrogen) atoms. The Morgan fingerprint density at radius 2 is 1.97 bits per heavy atom. The van der Waals surface area contributed by atoms with Gasteiger partial charge in [0.25, 0.3) is 5.56 Å². The number of aromatic nitrogens is 4. The van der Waals surface area contributed by atoms with E-state index in [-0.39, 0.29) is 17.2 Å². The normalized spacial score (nSPS) is 11.3. The lowest BCUT2D eigenvalue weighted by molar-refractivity contribution is -0.113. The third-order valence-corrected chi connectivity index (χ3v) is 7.23. The zero-order valence-electron chi connectivity index (χ0n) is 17.5. The summed E-state index contributed by atoms with van der Waals surface area (Å²) >= 11 is 8.86. The minimum atomic E-state index is -0.207. The molecule has 0 saturated carbocycles. The van der Waals surface area contributed by atoms with Crippen molar-refractivity contribution in [3.8, 4) is 0 Å². The summed E-state index contributed by atoms with van der Waals surface area (Å²) in [6, 6.07) is 17.1. The van der Waals surface area contributed by atoms with Crippen LogP contribution in [0.1, 0.15) is 11.1 Å². The molecule has 10 heteroatoms. The van der Waals surface area contributed by atoms with Crippen molar-refractivity contribution in [3.63, 3.8) is 0 Å². The van der Waals surface area contributed by atoms with E-state index in [2.05, 4.69) is 15.5 Å². The smallest absolute Gasteiger partial charge is 0.273 e. The highest BCUT2D eigenvalue weighted by Crippen LogP contribution is 2.26. The van der Waals surface area contributed by atoms with Crippen molar-refractivity contribution in [2.24, 2.45) is 0 Å². The van der Waals surface area contributed by atoms with E-state index < -0.39 is 0 Å². The number of rotatable bonds is 6. The van der Waals surface area contributed by atoms with E-state index >= 15 is 0 Å². The van der Waals surface area contributed by atoms with Gasteiger partial charge >= 0.3 is 0 Å². The Morgan fingerprint density at radius 3 is 2.76 bits per heavy atom. The molecule has 0 unspecified atom stereocenters. The highest BCUT2D eigenvalue weighted by Gasteiger charge is 2.19. The first-order valence-corrected chi connectivity index (χ1v) is 12.3. The molecule has 0 aliphatic rings. The number of thiophene rings is 1. The van der Waals surface area contributed by atoms with Crippen molar-refractivity contribution in [1.82, 2.24) is 19.2 Å². The first-order chi connectivity index (χ1) is 16.0. The van der Waals surface area contributed by atoms with E-state index in [9.17, 15) is 9.59 Å². The second kappa shape index (κ2) is 9.01. The number of nitrogens with zero attached hydrogens (tertiary/aromatic N) is 4. The molecule has 1 N–H and O–H groups in total. The minimum Gasteiger partial charge on any atom is -0.324 e. The molecule has 0 aliphatic heterocycles. The zero-order valence-corrected chi connectivity index (χ0v) is 19.9. The number of halogens is 1. The number of amides is 1. The number of hydrogen-bond donors (Lipinski definition) is 1. The maximum atomic E-state index is 13.2. The Labute approximate surface area is 202 Å². The number of fused-ring (bicyclic) bond motifs is 3. The van der Waals surface area contributed by atoms with E-state index in [1.54, 1.807) is 16.7 Å². The molecule has 2 aromatic carbocycles. The molecule has 5 aromatic rings. The highest BCUT2D eigenvalue weighted by atomic mass is 35.5. The second-order valence-corrected chi connectivity index (χ2v) is 9.72. The number of hydrogen-bond acceptors (Lipinski definition) is 6. The predicted molar refractivity (Wildman–Crippen MR) is 134 cm³/mol. The first kappa shape index (κ1) is 21.7. The fourth-order valence-corrected chi connectivity index (χ4v) is 5.39. The van der Waals surface area contributed by atoms with E-state index in [1.807, 2.05) is 59.2 Å². The van der Waals surface area contributed by atoms with Gasteiger partial charge in [-0.15, -0.1) is 21.5 Å². The molecule has 0 atom stereocenters. The van der Waals surface area contributed by atoms with Gasteiger partial charge in [-0.2, -0.15) is 0 Å². The van der Waals surface area contributed by atoms with Gasteiger partial charge < -0.3 is 5.32 Å². The monoisotopic (exact) mass is 495 g/mol. The van der Waals surface area contributed by atoms with Gasteiger partial charge in [-0.05, 0) is 41.6 Å². The van der Waals surface area contributed by atoms with Crippen LogP contribution in [0.15, 0.2) is 69.9 Å². The topological polar surface area (TPSA) is 81.3 Å². The number of carbonyl (C=O) groups excluding carboxylic acids is 1. The van der Waals surface area contributed by atoms with E-state index in [4.69, 9.17) is 11.6 Å². The Hall–Kier alpha value is -3.14. The summed E-state index contributed by atoms with van der Waals surface area (Å²) in [4.78, 5) is 25.7. The molecular formula is C23H18ClN5O2S2. The third kappa shape index (κ3) is 4.27. The quantitative estimate of drug-likeness (QED) is 0.341. The van der Waals surface area contributed by atoms with Crippen LogP contribution < -0.4 is 10.9 Å². The largest absolute Gasteiger partial charge is 0.324 e. The SMILES string of the molecule is Cc1ccc(NC(=O)CSc2nnc3n(Cc4ccccc4)c(=O)c4sccc4n23)c(Cl)c1. The molecule has 0 spiro atoms. The Bertz CT molecular complexity index is 1540. The van der Waals surface area contributed by atoms with Gasteiger partial charge in [-0.3, -0.25) is 18.6 Å². The number of nitrogens with one attached hydrogen (secondary N) is 1. The third-order valence-electron chi connectivity index (χ3n) is 5.10. The number of anilines is 1. The molecule has 1 amide bonds. The van der Waals surface area contributed by atoms with Crippen LogP contribution in [0.3, 0.4) is 0 Å².